The van der Waals surface area contributed by atoms with E-state index in [9.17, 15) is 13.2 Å². The van der Waals surface area contributed by atoms with Crippen molar-refractivity contribution in [3.63, 3.8) is 0 Å². The third-order valence-electron chi connectivity index (χ3n) is 2.93. The molecule has 0 spiro atoms. The van der Waals surface area contributed by atoms with Crippen molar-refractivity contribution in [1.82, 2.24) is 0 Å². The van der Waals surface area contributed by atoms with E-state index in [0.717, 1.165) is 17.0 Å². The van der Waals surface area contributed by atoms with Crippen LogP contribution in [-0.2, 0) is 6.18 Å². The Balaban J connectivity index is 2.30. The summed E-state index contributed by atoms with van der Waals surface area (Å²) in [6, 6.07) is 12.5. The second-order valence-electron chi connectivity index (χ2n) is 4.44. The molecule has 0 heterocycles. The van der Waals surface area contributed by atoms with Gasteiger partial charge < -0.3 is 5.73 Å². The number of rotatable bonds is 4. The van der Waals surface area contributed by atoms with Crippen LogP contribution in [0.1, 0.15) is 16.4 Å². The van der Waals surface area contributed by atoms with Crippen LogP contribution in [0.5, 0.6) is 0 Å². The Morgan fingerprint density at radius 2 is 1.81 bits per heavy atom. The average molecular weight is 309 g/mol. The van der Waals surface area contributed by atoms with Crippen LogP contribution in [0, 0.1) is 0 Å². The van der Waals surface area contributed by atoms with Gasteiger partial charge in [-0.2, -0.15) is 13.2 Å². The maximum absolute atomic E-state index is 12.8. The number of hydrogen-bond donors (Lipinski definition) is 1. The number of nitrogens with two attached hydrogens (primary N) is 1. The van der Waals surface area contributed by atoms with Gasteiger partial charge in [-0.25, -0.2) is 0 Å². The summed E-state index contributed by atoms with van der Waals surface area (Å²) < 4.78 is 38.3. The highest BCUT2D eigenvalue weighted by molar-refractivity contribution is 7.99. The van der Waals surface area contributed by atoms with E-state index in [1.54, 1.807) is 18.2 Å². The summed E-state index contributed by atoms with van der Waals surface area (Å²) in [7, 11) is 0. The molecule has 0 saturated carbocycles. The van der Waals surface area contributed by atoms with E-state index < -0.39 is 11.7 Å². The van der Waals surface area contributed by atoms with Gasteiger partial charge in [-0.15, -0.1) is 18.3 Å². The molecule has 2 aromatic rings. The van der Waals surface area contributed by atoms with Crippen LogP contribution in [-0.4, -0.2) is 0 Å². The van der Waals surface area contributed by atoms with Crippen molar-refractivity contribution in [1.29, 1.82) is 0 Å². The summed E-state index contributed by atoms with van der Waals surface area (Å²) in [6.45, 7) is 3.71. The van der Waals surface area contributed by atoms with Crippen molar-refractivity contribution in [3.05, 3.63) is 72.3 Å². The third-order valence-corrected chi connectivity index (χ3v) is 4.27. The SMILES string of the molecule is C=C[C@@H](Sc1ccccc1N)c1cccc(C(F)(F)F)c1. The van der Waals surface area contributed by atoms with E-state index in [-0.39, 0.29) is 5.25 Å². The quantitative estimate of drug-likeness (QED) is 0.471. The molecule has 0 bridgehead atoms. The van der Waals surface area contributed by atoms with Crippen molar-refractivity contribution in [2.75, 3.05) is 5.73 Å². The molecule has 1 nitrogen and oxygen atoms in total. The molecule has 0 unspecified atom stereocenters. The fraction of sp³-hybridized carbons (Fsp3) is 0.125. The minimum Gasteiger partial charge on any atom is -0.398 e. The van der Waals surface area contributed by atoms with Gasteiger partial charge in [-0.05, 0) is 23.8 Å². The highest BCUT2D eigenvalue weighted by Gasteiger charge is 2.30. The Kier molecular flexibility index (Phi) is 4.63. The smallest absolute Gasteiger partial charge is 0.398 e. The number of thioether (sulfide) groups is 1. The molecule has 0 saturated heterocycles. The van der Waals surface area contributed by atoms with E-state index >= 15 is 0 Å². The molecule has 1 atom stereocenters. The van der Waals surface area contributed by atoms with Gasteiger partial charge in [0, 0.05) is 10.6 Å². The van der Waals surface area contributed by atoms with Crippen molar-refractivity contribution >= 4 is 17.4 Å². The molecule has 110 valence electrons. The lowest BCUT2D eigenvalue weighted by Crippen LogP contribution is -2.05. The molecular formula is C16H14F3NS. The van der Waals surface area contributed by atoms with Crippen LogP contribution >= 0.6 is 11.8 Å². The number of hydrogen-bond acceptors (Lipinski definition) is 2. The number of anilines is 1. The third kappa shape index (κ3) is 3.82. The zero-order valence-corrected chi connectivity index (χ0v) is 11.9. The minimum absolute atomic E-state index is 0.294. The van der Waals surface area contributed by atoms with Crippen molar-refractivity contribution in [2.45, 2.75) is 16.3 Å². The molecule has 0 aliphatic carbocycles. The van der Waals surface area contributed by atoms with Crippen LogP contribution in [0.2, 0.25) is 0 Å². The second-order valence-corrected chi connectivity index (χ2v) is 5.62. The summed E-state index contributed by atoms with van der Waals surface area (Å²) in [5, 5.41) is -0.294. The second kappa shape index (κ2) is 6.26. The first kappa shape index (κ1) is 15.5. The van der Waals surface area contributed by atoms with Gasteiger partial charge >= 0.3 is 6.18 Å². The fourth-order valence-electron chi connectivity index (χ4n) is 1.87. The van der Waals surface area contributed by atoms with Gasteiger partial charge in [0.1, 0.15) is 0 Å². The number of halogens is 3. The summed E-state index contributed by atoms with van der Waals surface area (Å²) in [4.78, 5) is 0.819. The highest BCUT2D eigenvalue weighted by atomic mass is 32.2. The Morgan fingerprint density at radius 3 is 2.43 bits per heavy atom. The van der Waals surface area contributed by atoms with Gasteiger partial charge in [0.05, 0.1) is 10.8 Å². The maximum Gasteiger partial charge on any atom is 0.416 e. The standard InChI is InChI=1S/C16H14F3NS/c1-2-14(21-15-9-4-3-8-13(15)20)11-6-5-7-12(10-11)16(17,18)19/h2-10,14H,1,20H2/t14-/m1/s1. The lowest BCUT2D eigenvalue weighted by Gasteiger charge is -2.16. The van der Waals surface area contributed by atoms with Crippen LogP contribution in [0.15, 0.2) is 66.1 Å². The van der Waals surface area contributed by atoms with Gasteiger partial charge in [-0.1, -0.05) is 36.4 Å². The highest BCUT2D eigenvalue weighted by Crippen LogP contribution is 2.40. The lowest BCUT2D eigenvalue weighted by atomic mass is 10.1. The normalized spacial score (nSPS) is 12.9. The molecule has 2 rings (SSSR count). The maximum atomic E-state index is 12.8. The number of nitrogen functional groups attached to an aromatic ring is 1. The van der Waals surface area contributed by atoms with Gasteiger partial charge in [-0.3, -0.25) is 0 Å². The number of alkyl halides is 3. The zero-order chi connectivity index (χ0) is 15.5. The first-order chi connectivity index (χ1) is 9.91. The van der Waals surface area contributed by atoms with Gasteiger partial charge in [0.25, 0.3) is 0 Å². The van der Waals surface area contributed by atoms with E-state index in [1.807, 2.05) is 18.2 Å². The van der Waals surface area contributed by atoms with Crippen LogP contribution < -0.4 is 5.73 Å². The molecule has 5 heteroatoms. The summed E-state index contributed by atoms with van der Waals surface area (Å²) in [6.07, 6.45) is -2.73. The summed E-state index contributed by atoms with van der Waals surface area (Å²) >= 11 is 1.38. The molecule has 0 radical (unpaired) electrons. The molecule has 2 aromatic carbocycles. The predicted octanol–water partition coefficient (Wildman–Crippen LogP) is 5.31. The zero-order valence-electron chi connectivity index (χ0n) is 11.1. The Morgan fingerprint density at radius 1 is 1.10 bits per heavy atom. The first-order valence-electron chi connectivity index (χ1n) is 6.22. The van der Waals surface area contributed by atoms with Gasteiger partial charge in [0.15, 0.2) is 0 Å². The predicted molar refractivity (Wildman–Crippen MR) is 81.1 cm³/mol. The average Bonchev–Trinajstić information content (AvgIpc) is 2.46. The molecule has 0 fully saturated rings. The van der Waals surface area contributed by atoms with E-state index in [4.69, 9.17) is 5.73 Å². The molecular weight excluding hydrogens is 295 g/mol. The molecule has 2 N–H and O–H groups in total. The van der Waals surface area contributed by atoms with Crippen molar-refractivity contribution in [3.8, 4) is 0 Å². The van der Waals surface area contributed by atoms with Crippen LogP contribution in [0.3, 0.4) is 0 Å². The molecule has 0 aliphatic rings. The largest absolute Gasteiger partial charge is 0.416 e. The van der Waals surface area contributed by atoms with E-state index in [0.29, 0.717) is 11.3 Å². The molecule has 21 heavy (non-hydrogen) atoms. The van der Waals surface area contributed by atoms with Crippen LogP contribution in [0.4, 0.5) is 18.9 Å². The minimum atomic E-state index is -4.35. The molecule has 0 aliphatic heterocycles. The van der Waals surface area contributed by atoms with E-state index in [2.05, 4.69) is 6.58 Å². The number of para-hydroxylation sites is 1. The Bertz CT molecular complexity index is 637. The summed E-state index contributed by atoms with van der Waals surface area (Å²) in [5.74, 6) is 0. The van der Waals surface area contributed by atoms with E-state index in [1.165, 1.54) is 17.8 Å². The fourth-order valence-corrected chi connectivity index (χ4v) is 2.88. The number of benzene rings is 2. The summed E-state index contributed by atoms with van der Waals surface area (Å²) in [5.41, 5.74) is 6.35. The monoisotopic (exact) mass is 309 g/mol. The Labute approximate surface area is 125 Å². The van der Waals surface area contributed by atoms with Crippen molar-refractivity contribution in [2.24, 2.45) is 0 Å². The Hall–Kier alpha value is -1.88. The van der Waals surface area contributed by atoms with Crippen LogP contribution in [0.25, 0.3) is 0 Å². The topological polar surface area (TPSA) is 26.0 Å². The van der Waals surface area contributed by atoms with Crippen molar-refractivity contribution < 1.29 is 13.2 Å². The molecule has 0 aromatic heterocycles. The first-order valence-corrected chi connectivity index (χ1v) is 7.10. The molecule has 0 amide bonds. The lowest BCUT2D eigenvalue weighted by molar-refractivity contribution is -0.137. The van der Waals surface area contributed by atoms with Gasteiger partial charge in [0.2, 0.25) is 0 Å².